The van der Waals surface area contributed by atoms with Crippen LogP contribution in [0, 0.1) is 0 Å². The zero-order valence-electron chi connectivity index (χ0n) is 18.1. The summed E-state index contributed by atoms with van der Waals surface area (Å²) in [5.41, 5.74) is 0.981. The largest absolute Gasteiger partial charge is 0.497 e. The lowest BCUT2D eigenvalue weighted by molar-refractivity contribution is -0.119. The number of carbonyl (C=O) groups excluding carboxylic acids is 1. The summed E-state index contributed by atoms with van der Waals surface area (Å²) >= 11 is 1.57. The molecule has 1 amide bonds. The molecule has 3 aromatic rings. The molecule has 1 atom stereocenters. The number of amides is 1. The van der Waals surface area contributed by atoms with Crippen LogP contribution < -0.4 is 20.7 Å². The van der Waals surface area contributed by atoms with Gasteiger partial charge in [0.05, 0.1) is 7.11 Å². The first-order chi connectivity index (χ1) is 15.1. The minimum absolute atomic E-state index is 0. The number of thiophene rings is 1. The van der Waals surface area contributed by atoms with Gasteiger partial charge in [-0.1, -0.05) is 30.3 Å². The highest BCUT2D eigenvalue weighted by Crippen LogP contribution is 2.29. The summed E-state index contributed by atoms with van der Waals surface area (Å²) in [4.78, 5) is 17.4. The number of ether oxygens (including phenoxy) is 1. The van der Waals surface area contributed by atoms with Crippen LogP contribution in [0.1, 0.15) is 23.5 Å². The Morgan fingerprint density at radius 3 is 2.56 bits per heavy atom. The standard InChI is InChI=1S/C23H28N4O3S.HI/c1-3-24-23(26-14-19(28)21-12-17-6-4-5-7-20(17)31-21)27-15-22(29)25-13-16-8-10-18(30-2)11-9-16;/h4-12,19,28H,3,13-15H2,1-2H3,(H,25,29)(H2,24,26,27);1H. The maximum atomic E-state index is 12.2. The number of carbonyl (C=O) groups is 1. The first kappa shape index (κ1) is 25.9. The molecule has 0 saturated carbocycles. The average Bonchev–Trinajstić information content (AvgIpc) is 3.24. The monoisotopic (exact) mass is 568 g/mol. The highest BCUT2D eigenvalue weighted by molar-refractivity contribution is 14.0. The van der Waals surface area contributed by atoms with Gasteiger partial charge in [-0.05, 0) is 42.1 Å². The van der Waals surface area contributed by atoms with E-state index in [4.69, 9.17) is 4.74 Å². The van der Waals surface area contributed by atoms with Gasteiger partial charge < -0.3 is 25.8 Å². The second-order valence-corrected chi connectivity index (χ2v) is 8.02. The van der Waals surface area contributed by atoms with E-state index in [1.165, 1.54) is 0 Å². The average molecular weight is 568 g/mol. The quantitative estimate of drug-likeness (QED) is 0.180. The van der Waals surface area contributed by atoms with Crippen LogP contribution in [0.3, 0.4) is 0 Å². The van der Waals surface area contributed by atoms with E-state index in [1.807, 2.05) is 61.5 Å². The van der Waals surface area contributed by atoms with Gasteiger partial charge in [0.2, 0.25) is 5.91 Å². The molecule has 0 aliphatic heterocycles. The van der Waals surface area contributed by atoms with E-state index in [0.717, 1.165) is 26.3 Å². The molecular formula is C23H29IN4O3S. The number of nitrogens with zero attached hydrogens (tertiary/aromatic N) is 1. The number of aliphatic imine (C=N–C) groups is 1. The number of fused-ring (bicyclic) bond motifs is 1. The number of hydrogen-bond acceptors (Lipinski definition) is 5. The normalized spacial score (nSPS) is 12.0. The van der Waals surface area contributed by atoms with Crippen LogP contribution in [0.5, 0.6) is 5.75 Å². The molecule has 1 unspecified atom stereocenters. The lowest BCUT2D eigenvalue weighted by atomic mass is 10.2. The minimum atomic E-state index is -0.662. The number of rotatable bonds is 9. The van der Waals surface area contributed by atoms with Crippen molar-refractivity contribution in [3.8, 4) is 5.75 Å². The summed E-state index contributed by atoms with van der Waals surface area (Å²) in [5, 5.41) is 20.7. The minimum Gasteiger partial charge on any atom is -0.497 e. The van der Waals surface area contributed by atoms with Crippen molar-refractivity contribution in [2.45, 2.75) is 19.6 Å². The van der Waals surface area contributed by atoms with Crippen LogP contribution in [0.2, 0.25) is 0 Å². The third-order valence-corrected chi connectivity index (χ3v) is 5.83. The smallest absolute Gasteiger partial charge is 0.242 e. The number of guanidine groups is 1. The summed E-state index contributed by atoms with van der Waals surface area (Å²) in [7, 11) is 1.62. The van der Waals surface area contributed by atoms with Gasteiger partial charge in [-0.15, -0.1) is 35.3 Å². The van der Waals surface area contributed by atoms with E-state index < -0.39 is 6.10 Å². The molecule has 2 aromatic carbocycles. The van der Waals surface area contributed by atoms with Gasteiger partial charge in [-0.25, -0.2) is 4.99 Å². The second kappa shape index (κ2) is 13.2. The zero-order valence-corrected chi connectivity index (χ0v) is 21.3. The number of benzene rings is 2. The first-order valence-electron chi connectivity index (χ1n) is 10.2. The van der Waals surface area contributed by atoms with E-state index in [-0.39, 0.29) is 36.4 Å². The highest BCUT2D eigenvalue weighted by Gasteiger charge is 2.12. The van der Waals surface area contributed by atoms with Crippen LogP contribution >= 0.6 is 35.3 Å². The van der Waals surface area contributed by atoms with Crippen LogP contribution in [0.15, 0.2) is 59.6 Å². The highest BCUT2D eigenvalue weighted by atomic mass is 127. The van der Waals surface area contributed by atoms with Crippen molar-refractivity contribution in [2.75, 3.05) is 26.7 Å². The Morgan fingerprint density at radius 1 is 1.12 bits per heavy atom. The Labute approximate surface area is 209 Å². The Kier molecular flexibility index (Phi) is 10.7. The zero-order chi connectivity index (χ0) is 22.1. The van der Waals surface area contributed by atoms with Crippen LogP contribution in [-0.4, -0.2) is 43.7 Å². The van der Waals surface area contributed by atoms with Crippen LogP contribution in [-0.2, 0) is 11.3 Å². The molecule has 4 N–H and O–H groups in total. The fraction of sp³-hybridized carbons (Fsp3) is 0.304. The number of aliphatic hydroxyl groups excluding tert-OH is 1. The molecule has 0 aliphatic rings. The van der Waals surface area contributed by atoms with E-state index >= 15 is 0 Å². The molecule has 0 spiro atoms. The molecular weight excluding hydrogens is 539 g/mol. The topological polar surface area (TPSA) is 95.0 Å². The summed E-state index contributed by atoms with van der Waals surface area (Å²) < 4.78 is 6.27. The van der Waals surface area contributed by atoms with Gasteiger partial charge in [0.25, 0.3) is 0 Å². The Hall–Kier alpha value is -2.37. The molecule has 9 heteroatoms. The molecule has 0 bridgehead atoms. The second-order valence-electron chi connectivity index (χ2n) is 6.90. The molecule has 0 radical (unpaired) electrons. The van der Waals surface area contributed by atoms with Crippen molar-refractivity contribution >= 4 is 57.3 Å². The summed E-state index contributed by atoms with van der Waals surface area (Å²) in [6.45, 7) is 3.31. The summed E-state index contributed by atoms with van der Waals surface area (Å²) in [5.74, 6) is 1.08. The maximum absolute atomic E-state index is 12.2. The van der Waals surface area contributed by atoms with E-state index in [0.29, 0.717) is 25.6 Å². The third kappa shape index (κ3) is 7.64. The molecule has 32 heavy (non-hydrogen) atoms. The van der Waals surface area contributed by atoms with Gasteiger partial charge in [0.15, 0.2) is 5.96 Å². The fourth-order valence-corrected chi connectivity index (χ4v) is 4.00. The number of nitrogens with one attached hydrogen (secondary N) is 3. The van der Waals surface area contributed by atoms with E-state index in [1.54, 1.807) is 18.4 Å². The number of aliphatic hydroxyl groups is 1. The first-order valence-corrected chi connectivity index (χ1v) is 11.0. The van der Waals surface area contributed by atoms with Crippen LogP contribution in [0.25, 0.3) is 10.1 Å². The van der Waals surface area contributed by atoms with Crippen molar-refractivity contribution in [1.82, 2.24) is 16.0 Å². The van der Waals surface area contributed by atoms with Gasteiger partial charge in [0, 0.05) is 29.2 Å². The van der Waals surface area contributed by atoms with Crippen molar-refractivity contribution in [1.29, 1.82) is 0 Å². The Bertz CT molecular complexity index is 991. The van der Waals surface area contributed by atoms with Crippen molar-refractivity contribution < 1.29 is 14.6 Å². The van der Waals surface area contributed by atoms with Gasteiger partial charge in [0.1, 0.15) is 18.4 Å². The van der Waals surface area contributed by atoms with E-state index in [9.17, 15) is 9.90 Å². The Balaban J connectivity index is 0.00000363. The Morgan fingerprint density at radius 2 is 1.88 bits per heavy atom. The molecule has 0 saturated heterocycles. The molecule has 0 fully saturated rings. The molecule has 0 aliphatic carbocycles. The van der Waals surface area contributed by atoms with Crippen molar-refractivity contribution in [2.24, 2.45) is 4.99 Å². The van der Waals surface area contributed by atoms with Crippen molar-refractivity contribution in [3.05, 3.63) is 65.0 Å². The molecule has 1 heterocycles. The summed E-state index contributed by atoms with van der Waals surface area (Å²) in [6.07, 6.45) is -0.662. The lowest BCUT2D eigenvalue weighted by Crippen LogP contribution is -2.40. The van der Waals surface area contributed by atoms with Crippen molar-refractivity contribution in [3.63, 3.8) is 0 Å². The molecule has 3 rings (SSSR count). The molecule has 1 aromatic heterocycles. The predicted octanol–water partition coefficient (Wildman–Crippen LogP) is 3.43. The third-order valence-electron chi connectivity index (χ3n) is 4.61. The summed E-state index contributed by atoms with van der Waals surface area (Å²) in [6, 6.07) is 17.6. The number of halogens is 1. The molecule has 7 nitrogen and oxygen atoms in total. The van der Waals surface area contributed by atoms with Crippen LogP contribution in [0.4, 0.5) is 0 Å². The van der Waals surface area contributed by atoms with E-state index in [2.05, 4.69) is 20.9 Å². The van der Waals surface area contributed by atoms with Gasteiger partial charge >= 0.3 is 0 Å². The SMILES string of the molecule is CCNC(=NCC(=O)NCc1ccc(OC)cc1)NCC(O)c1cc2ccccc2s1.I. The van der Waals surface area contributed by atoms with Gasteiger partial charge in [-0.3, -0.25) is 4.79 Å². The predicted molar refractivity (Wildman–Crippen MR) is 141 cm³/mol. The number of hydrogen-bond donors (Lipinski definition) is 4. The fourth-order valence-electron chi connectivity index (χ4n) is 2.95. The lowest BCUT2D eigenvalue weighted by Gasteiger charge is -2.14. The maximum Gasteiger partial charge on any atom is 0.242 e. The number of methoxy groups -OCH3 is 1. The van der Waals surface area contributed by atoms with Gasteiger partial charge in [-0.2, -0.15) is 0 Å². The molecule has 172 valence electrons.